The Bertz CT molecular complexity index is 2230. The van der Waals surface area contributed by atoms with Crippen LogP contribution in [0.2, 0.25) is 0 Å². The van der Waals surface area contributed by atoms with Gasteiger partial charge in [0.15, 0.2) is 0 Å². The van der Waals surface area contributed by atoms with Crippen LogP contribution in [-0.4, -0.2) is 6.54 Å². The Hall–Kier alpha value is -5.66. The van der Waals surface area contributed by atoms with Crippen molar-refractivity contribution in [3.63, 3.8) is 0 Å². The molecule has 1 heteroatoms. The Kier molecular flexibility index (Phi) is 4.84. The Balaban J connectivity index is 1.23. The van der Waals surface area contributed by atoms with Crippen molar-refractivity contribution in [2.75, 3.05) is 6.54 Å². The molecule has 2 aliphatic carbocycles. The normalized spacial score (nSPS) is 13.6. The lowest BCUT2D eigenvalue weighted by molar-refractivity contribution is 0.976. The van der Waals surface area contributed by atoms with Crippen molar-refractivity contribution in [2.45, 2.75) is 0 Å². The summed E-state index contributed by atoms with van der Waals surface area (Å²) in [6.45, 7) is 0.837. The highest BCUT2D eigenvalue weighted by Crippen LogP contribution is 2.51. The minimum absolute atomic E-state index is 0.837. The zero-order valence-electron chi connectivity index (χ0n) is 24.1. The van der Waals surface area contributed by atoms with Gasteiger partial charge in [-0.25, -0.2) is 0 Å². The van der Waals surface area contributed by atoms with E-state index in [1.807, 2.05) is 0 Å². The minimum atomic E-state index is 0.837. The van der Waals surface area contributed by atoms with E-state index in [4.69, 9.17) is 0 Å². The smallest absolute Gasteiger partial charge is 0.0334 e. The van der Waals surface area contributed by atoms with Crippen molar-refractivity contribution >= 4 is 27.1 Å². The second kappa shape index (κ2) is 8.92. The molecule has 0 fully saturated rings. The fraction of sp³-hybridized carbons (Fsp3) is 0.0233. The molecular formula is C43H27N. The maximum Gasteiger partial charge on any atom is 0.0334 e. The molecule has 0 bridgehead atoms. The van der Waals surface area contributed by atoms with E-state index >= 15 is 0 Å². The van der Waals surface area contributed by atoms with Gasteiger partial charge in [-0.2, -0.15) is 0 Å². The molecule has 0 aromatic heterocycles. The number of benzene rings is 7. The van der Waals surface area contributed by atoms with Gasteiger partial charge in [0.1, 0.15) is 0 Å². The second-order valence-corrected chi connectivity index (χ2v) is 12.1. The predicted octanol–water partition coefficient (Wildman–Crippen LogP) is 11.1. The van der Waals surface area contributed by atoms with Gasteiger partial charge in [0, 0.05) is 6.54 Å². The van der Waals surface area contributed by atoms with Crippen LogP contribution in [0.1, 0.15) is 5.56 Å². The van der Waals surface area contributed by atoms with Gasteiger partial charge in [0.2, 0.25) is 0 Å². The zero-order valence-corrected chi connectivity index (χ0v) is 24.1. The third-order valence-electron chi connectivity index (χ3n) is 9.81. The van der Waals surface area contributed by atoms with E-state index < -0.39 is 0 Å². The number of nitrogens with one attached hydrogen (secondary N) is 1. The van der Waals surface area contributed by atoms with Crippen LogP contribution in [-0.2, 0) is 0 Å². The second-order valence-electron chi connectivity index (χ2n) is 12.1. The first-order chi connectivity index (χ1) is 21.8. The van der Waals surface area contributed by atoms with E-state index in [0.717, 1.165) is 6.54 Å². The van der Waals surface area contributed by atoms with E-state index in [1.165, 1.54) is 99.4 Å². The van der Waals surface area contributed by atoms with Crippen molar-refractivity contribution < 1.29 is 0 Å². The summed E-state index contributed by atoms with van der Waals surface area (Å²) in [5, 5.41) is 8.67. The number of dihydropyridines is 1. The van der Waals surface area contributed by atoms with Crippen LogP contribution in [0.3, 0.4) is 0 Å². The minimum Gasteiger partial charge on any atom is -0.387 e. The number of rotatable bonds is 3. The Morgan fingerprint density at radius 2 is 0.818 bits per heavy atom. The Morgan fingerprint density at radius 3 is 1.30 bits per heavy atom. The largest absolute Gasteiger partial charge is 0.387 e. The summed E-state index contributed by atoms with van der Waals surface area (Å²) >= 11 is 0. The van der Waals surface area contributed by atoms with Gasteiger partial charge in [0.05, 0.1) is 0 Å². The van der Waals surface area contributed by atoms with Crippen molar-refractivity contribution in [1.29, 1.82) is 0 Å². The molecule has 3 aliphatic rings. The standard InChI is InChI=1S/C43H27N/c1-3-9-34-32(7-1)38-13-5-11-36-30(15-17-40(34)42(36)38)28-23-27(26-19-21-44-22-20-26)24-29(25-28)31-16-18-41-35-10-4-2-8-33(35)39-14-6-12-37(31)43(39)41/h1-21,23-25,44H,22H2. The SMILES string of the molecule is C1=CC(c2cc(-c3ccc4c5c(cccc35)-c3ccccc3-4)cc(-c3ccc4c5c(cccc35)-c3ccccc3-4)c2)=CCN1. The fourth-order valence-electron chi connectivity index (χ4n) is 7.89. The van der Waals surface area contributed by atoms with Crippen molar-refractivity contribution in [3.8, 4) is 66.8 Å². The lowest BCUT2D eigenvalue weighted by Gasteiger charge is -2.17. The van der Waals surface area contributed by atoms with Crippen molar-refractivity contribution in [3.05, 3.63) is 151 Å². The number of fused-ring (bicyclic) bond motifs is 6. The van der Waals surface area contributed by atoms with Gasteiger partial charge in [-0.15, -0.1) is 0 Å². The molecule has 0 atom stereocenters. The molecule has 7 aromatic carbocycles. The van der Waals surface area contributed by atoms with Crippen LogP contribution in [0, 0.1) is 0 Å². The molecule has 1 nitrogen and oxygen atoms in total. The summed E-state index contributed by atoms with van der Waals surface area (Å²) in [4.78, 5) is 0. The topological polar surface area (TPSA) is 12.0 Å². The first-order valence-corrected chi connectivity index (χ1v) is 15.4. The van der Waals surface area contributed by atoms with Gasteiger partial charge >= 0.3 is 0 Å². The van der Waals surface area contributed by atoms with E-state index in [0.29, 0.717) is 0 Å². The first-order valence-electron chi connectivity index (χ1n) is 15.4. The lowest BCUT2D eigenvalue weighted by Crippen LogP contribution is -2.08. The lowest BCUT2D eigenvalue weighted by atomic mass is 9.88. The molecule has 1 aliphatic heterocycles. The zero-order chi connectivity index (χ0) is 28.8. The summed E-state index contributed by atoms with van der Waals surface area (Å²) in [7, 11) is 0. The van der Waals surface area contributed by atoms with Gasteiger partial charge < -0.3 is 5.32 Å². The summed E-state index contributed by atoms with van der Waals surface area (Å²) in [5.74, 6) is 0. The quantitative estimate of drug-likeness (QED) is 0.228. The summed E-state index contributed by atoms with van der Waals surface area (Å²) < 4.78 is 0. The van der Waals surface area contributed by atoms with E-state index in [-0.39, 0.29) is 0 Å². The van der Waals surface area contributed by atoms with Crippen LogP contribution in [0.5, 0.6) is 0 Å². The third kappa shape index (κ3) is 3.24. The molecule has 10 rings (SSSR count). The van der Waals surface area contributed by atoms with Crippen LogP contribution in [0.25, 0.3) is 93.9 Å². The molecule has 7 aromatic rings. The summed E-state index contributed by atoms with van der Waals surface area (Å²) in [6, 6.07) is 47.7. The number of allylic oxidation sites excluding steroid dienone is 2. The molecule has 0 unspecified atom stereocenters. The maximum absolute atomic E-state index is 3.32. The highest BCUT2D eigenvalue weighted by atomic mass is 14.8. The molecule has 0 saturated heterocycles. The fourth-order valence-corrected chi connectivity index (χ4v) is 7.89. The average molecular weight is 558 g/mol. The van der Waals surface area contributed by atoms with Crippen molar-refractivity contribution in [2.24, 2.45) is 0 Å². The predicted molar refractivity (Wildman–Crippen MR) is 186 cm³/mol. The third-order valence-corrected chi connectivity index (χ3v) is 9.81. The monoisotopic (exact) mass is 557 g/mol. The van der Waals surface area contributed by atoms with E-state index in [9.17, 15) is 0 Å². The molecule has 0 spiro atoms. The van der Waals surface area contributed by atoms with Crippen LogP contribution in [0.15, 0.2) is 146 Å². The van der Waals surface area contributed by atoms with E-state index in [1.54, 1.807) is 0 Å². The van der Waals surface area contributed by atoms with Crippen LogP contribution < -0.4 is 5.32 Å². The number of hydrogen-bond donors (Lipinski definition) is 1. The summed E-state index contributed by atoms with van der Waals surface area (Å²) in [6.07, 6.45) is 6.55. The highest BCUT2D eigenvalue weighted by molar-refractivity contribution is 6.20. The molecule has 0 amide bonds. The average Bonchev–Trinajstić information content (AvgIpc) is 3.60. The summed E-state index contributed by atoms with van der Waals surface area (Å²) in [5.41, 5.74) is 18.2. The molecule has 204 valence electrons. The molecule has 0 saturated carbocycles. The molecule has 1 heterocycles. The Morgan fingerprint density at radius 1 is 0.386 bits per heavy atom. The first kappa shape index (κ1) is 23.9. The van der Waals surface area contributed by atoms with Gasteiger partial charge in [0.25, 0.3) is 0 Å². The molecule has 44 heavy (non-hydrogen) atoms. The Labute approximate surface area is 256 Å². The maximum atomic E-state index is 3.32. The van der Waals surface area contributed by atoms with Gasteiger partial charge in [-0.05, 0) is 130 Å². The molecular weight excluding hydrogens is 530 g/mol. The molecule has 0 radical (unpaired) electrons. The van der Waals surface area contributed by atoms with Gasteiger partial charge in [-0.1, -0.05) is 115 Å². The highest BCUT2D eigenvalue weighted by Gasteiger charge is 2.24. The van der Waals surface area contributed by atoms with Crippen LogP contribution in [0.4, 0.5) is 0 Å². The van der Waals surface area contributed by atoms with Gasteiger partial charge in [-0.3, -0.25) is 0 Å². The van der Waals surface area contributed by atoms with E-state index in [2.05, 4.69) is 151 Å². The van der Waals surface area contributed by atoms with Crippen molar-refractivity contribution in [1.82, 2.24) is 5.32 Å². The molecule has 1 N–H and O–H groups in total. The number of hydrogen-bond acceptors (Lipinski definition) is 1. The van der Waals surface area contributed by atoms with Crippen LogP contribution >= 0.6 is 0 Å².